The van der Waals surface area contributed by atoms with Crippen molar-refractivity contribution in [2.24, 2.45) is 5.41 Å². The zero-order valence-electron chi connectivity index (χ0n) is 9.10. The maximum Gasteiger partial charge on any atom is 0.163 e. The van der Waals surface area contributed by atoms with Crippen molar-refractivity contribution in [1.29, 1.82) is 0 Å². The summed E-state index contributed by atoms with van der Waals surface area (Å²) in [5, 5.41) is -0.00485. The Morgan fingerprint density at radius 3 is 2.47 bits per heavy atom. The van der Waals surface area contributed by atoms with Crippen molar-refractivity contribution >= 4 is 17.4 Å². The molecule has 0 N–H and O–H groups in total. The normalized spacial score (nSPS) is 11.5. The molecule has 15 heavy (non-hydrogen) atoms. The third-order valence-corrected chi connectivity index (χ3v) is 2.22. The summed E-state index contributed by atoms with van der Waals surface area (Å²) in [5.41, 5.74) is 0.397. The highest BCUT2D eigenvalue weighted by Crippen LogP contribution is 2.23. The minimum Gasteiger partial charge on any atom is -0.294 e. The molecule has 1 aromatic carbocycles. The lowest BCUT2D eigenvalue weighted by Gasteiger charge is -2.16. The topological polar surface area (TPSA) is 17.1 Å². The summed E-state index contributed by atoms with van der Waals surface area (Å²) in [5.74, 6) is -0.506. The van der Waals surface area contributed by atoms with Crippen LogP contribution in [0.25, 0.3) is 0 Å². The van der Waals surface area contributed by atoms with Crippen molar-refractivity contribution in [2.75, 3.05) is 0 Å². The number of benzene rings is 1. The summed E-state index contributed by atoms with van der Waals surface area (Å²) < 4.78 is 12.9. The van der Waals surface area contributed by atoms with Gasteiger partial charge in [0.1, 0.15) is 5.82 Å². The zero-order chi connectivity index (χ0) is 11.6. The van der Waals surface area contributed by atoms with Gasteiger partial charge in [-0.15, -0.1) is 0 Å². The molecule has 1 aromatic rings. The van der Waals surface area contributed by atoms with Gasteiger partial charge in [-0.2, -0.15) is 0 Å². The van der Waals surface area contributed by atoms with E-state index in [0.29, 0.717) is 12.0 Å². The largest absolute Gasteiger partial charge is 0.294 e. The number of hydrogen-bond donors (Lipinski definition) is 0. The minimum absolute atomic E-state index is 0.00485. The minimum atomic E-state index is -0.496. The van der Waals surface area contributed by atoms with Gasteiger partial charge in [0.25, 0.3) is 0 Å². The second-order valence-corrected chi connectivity index (χ2v) is 5.20. The van der Waals surface area contributed by atoms with Crippen LogP contribution in [0.4, 0.5) is 4.39 Å². The molecule has 1 nitrogen and oxygen atoms in total. The summed E-state index contributed by atoms with van der Waals surface area (Å²) in [7, 11) is 0. The van der Waals surface area contributed by atoms with Crippen LogP contribution >= 0.6 is 11.6 Å². The number of carbonyl (C=O) groups excluding carboxylic acids is 1. The molecule has 3 heteroatoms. The van der Waals surface area contributed by atoms with Gasteiger partial charge in [-0.25, -0.2) is 4.39 Å². The van der Waals surface area contributed by atoms with Gasteiger partial charge in [0, 0.05) is 12.0 Å². The van der Waals surface area contributed by atoms with E-state index in [1.54, 1.807) is 0 Å². The van der Waals surface area contributed by atoms with Crippen LogP contribution in [0.2, 0.25) is 5.02 Å². The first-order chi connectivity index (χ1) is 6.79. The van der Waals surface area contributed by atoms with Gasteiger partial charge in [0.2, 0.25) is 0 Å². The lowest BCUT2D eigenvalue weighted by Crippen LogP contribution is -2.13. The Balaban J connectivity index is 2.88. The molecule has 0 aliphatic heterocycles. The summed E-state index contributed by atoms with van der Waals surface area (Å²) in [4.78, 5) is 11.7. The van der Waals surface area contributed by atoms with Crippen molar-refractivity contribution in [3.05, 3.63) is 34.6 Å². The molecule has 0 heterocycles. The summed E-state index contributed by atoms with van der Waals surface area (Å²) in [6.07, 6.45) is 0.426. The molecule has 0 spiro atoms. The van der Waals surface area contributed by atoms with Crippen LogP contribution in [0.1, 0.15) is 37.6 Å². The van der Waals surface area contributed by atoms with Crippen LogP contribution in [0.5, 0.6) is 0 Å². The van der Waals surface area contributed by atoms with Crippen molar-refractivity contribution in [3.8, 4) is 0 Å². The van der Waals surface area contributed by atoms with E-state index in [1.807, 2.05) is 20.8 Å². The number of halogens is 2. The quantitative estimate of drug-likeness (QED) is 0.697. The predicted octanol–water partition coefficient (Wildman–Crippen LogP) is 4.10. The monoisotopic (exact) mass is 228 g/mol. The van der Waals surface area contributed by atoms with Crippen LogP contribution in [-0.4, -0.2) is 5.78 Å². The Morgan fingerprint density at radius 1 is 1.40 bits per heavy atom. The molecule has 0 unspecified atom stereocenters. The van der Waals surface area contributed by atoms with Crippen LogP contribution in [0.15, 0.2) is 18.2 Å². The average Bonchev–Trinajstić information content (AvgIpc) is 2.06. The zero-order valence-corrected chi connectivity index (χ0v) is 9.86. The van der Waals surface area contributed by atoms with Gasteiger partial charge in [-0.05, 0) is 23.6 Å². The number of Topliss-reactive ketones (excluding diaryl/α,β-unsaturated/α-hetero) is 1. The van der Waals surface area contributed by atoms with E-state index in [2.05, 4.69) is 0 Å². The van der Waals surface area contributed by atoms with E-state index in [1.165, 1.54) is 18.2 Å². The molecule has 0 radical (unpaired) electrons. The van der Waals surface area contributed by atoms with E-state index in [4.69, 9.17) is 11.6 Å². The molecule has 0 amide bonds. The van der Waals surface area contributed by atoms with Crippen molar-refractivity contribution in [2.45, 2.75) is 27.2 Å². The van der Waals surface area contributed by atoms with Gasteiger partial charge < -0.3 is 0 Å². The lowest BCUT2D eigenvalue weighted by molar-refractivity contribution is 0.0940. The number of carbonyl (C=O) groups is 1. The average molecular weight is 229 g/mol. The summed E-state index contributed by atoms with van der Waals surface area (Å²) in [6.45, 7) is 5.95. The highest BCUT2D eigenvalue weighted by molar-refractivity contribution is 6.31. The fraction of sp³-hybridized carbons (Fsp3) is 0.417. The standard InChI is InChI=1S/C12H14ClFO/c1-12(2,3)7-11(15)8-4-5-10(14)9(13)6-8/h4-6H,7H2,1-3H3. The van der Waals surface area contributed by atoms with Gasteiger partial charge in [-0.3, -0.25) is 4.79 Å². The molecule has 0 saturated heterocycles. The molecule has 0 saturated carbocycles. The second-order valence-electron chi connectivity index (χ2n) is 4.79. The molecule has 0 aromatic heterocycles. The van der Waals surface area contributed by atoms with E-state index in [0.717, 1.165) is 0 Å². The maximum absolute atomic E-state index is 12.9. The first-order valence-corrected chi connectivity index (χ1v) is 5.16. The molecular formula is C12H14ClFO. The summed E-state index contributed by atoms with van der Waals surface area (Å²) >= 11 is 5.60. The molecule has 1 rings (SSSR count). The van der Waals surface area contributed by atoms with Crippen LogP contribution in [0.3, 0.4) is 0 Å². The second kappa shape index (κ2) is 4.31. The molecule has 0 fully saturated rings. The predicted molar refractivity (Wildman–Crippen MR) is 59.8 cm³/mol. The fourth-order valence-electron chi connectivity index (χ4n) is 1.25. The number of rotatable bonds is 2. The van der Waals surface area contributed by atoms with E-state index >= 15 is 0 Å². The Bertz CT molecular complexity index is 380. The molecule has 0 aliphatic carbocycles. The van der Waals surface area contributed by atoms with Crippen molar-refractivity contribution in [1.82, 2.24) is 0 Å². The van der Waals surface area contributed by atoms with Gasteiger partial charge in [0.05, 0.1) is 5.02 Å². The number of hydrogen-bond acceptors (Lipinski definition) is 1. The fourth-order valence-corrected chi connectivity index (χ4v) is 1.43. The molecular weight excluding hydrogens is 215 g/mol. The first kappa shape index (κ1) is 12.2. The Morgan fingerprint density at radius 2 is 2.00 bits per heavy atom. The van der Waals surface area contributed by atoms with E-state index in [9.17, 15) is 9.18 Å². The number of ketones is 1. The highest BCUT2D eigenvalue weighted by Gasteiger charge is 2.17. The van der Waals surface area contributed by atoms with Gasteiger partial charge in [0.15, 0.2) is 5.78 Å². The third-order valence-electron chi connectivity index (χ3n) is 1.93. The summed E-state index contributed by atoms with van der Waals surface area (Å²) in [6, 6.07) is 4.07. The maximum atomic E-state index is 12.9. The van der Waals surface area contributed by atoms with Crippen LogP contribution < -0.4 is 0 Å². The smallest absolute Gasteiger partial charge is 0.163 e. The van der Waals surface area contributed by atoms with E-state index < -0.39 is 5.82 Å². The Labute approximate surface area is 94.3 Å². The van der Waals surface area contributed by atoms with E-state index in [-0.39, 0.29) is 16.2 Å². The van der Waals surface area contributed by atoms with Crippen LogP contribution in [0, 0.1) is 11.2 Å². The molecule has 0 atom stereocenters. The van der Waals surface area contributed by atoms with Crippen molar-refractivity contribution < 1.29 is 9.18 Å². The van der Waals surface area contributed by atoms with Gasteiger partial charge >= 0.3 is 0 Å². The van der Waals surface area contributed by atoms with Crippen molar-refractivity contribution in [3.63, 3.8) is 0 Å². The lowest BCUT2D eigenvalue weighted by atomic mass is 9.88. The third kappa shape index (κ3) is 3.63. The molecule has 0 aliphatic rings. The van der Waals surface area contributed by atoms with Gasteiger partial charge in [-0.1, -0.05) is 32.4 Å². The van der Waals surface area contributed by atoms with Crippen LogP contribution in [-0.2, 0) is 0 Å². The Kier molecular flexibility index (Phi) is 3.50. The molecule has 0 bridgehead atoms. The SMILES string of the molecule is CC(C)(C)CC(=O)c1ccc(F)c(Cl)c1. The first-order valence-electron chi connectivity index (χ1n) is 4.78. The highest BCUT2D eigenvalue weighted by atomic mass is 35.5. The Hall–Kier alpha value is -0.890. The molecule has 82 valence electrons.